The van der Waals surface area contributed by atoms with Crippen molar-refractivity contribution in [2.45, 2.75) is 0 Å². The maximum atomic E-state index is 12.4. The van der Waals surface area contributed by atoms with Gasteiger partial charge in [-0.2, -0.15) is 0 Å². The average molecular weight is 468 g/mol. The number of alkyl halides is 1. The first kappa shape index (κ1) is 22.4. The second kappa shape index (κ2) is 10.1. The highest BCUT2D eigenvalue weighted by Crippen LogP contribution is 2.28. The van der Waals surface area contributed by atoms with Gasteiger partial charge in [-0.3, -0.25) is 19.4 Å². The van der Waals surface area contributed by atoms with Crippen LogP contribution in [0.3, 0.4) is 0 Å². The number of sulfonamides is 1. The summed E-state index contributed by atoms with van der Waals surface area (Å²) in [6.07, 6.45) is 8.61. The number of aromatic nitrogens is 1. The molecule has 1 amide bonds. The fraction of sp³-hybridized carbons (Fsp3) is 0.368. The summed E-state index contributed by atoms with van der Waals surface area (Å²) in [6.45, 7) is 2.80. The third-order valence-electron chi connectivity index (χ3n) is 4.56. The number of halogens is 1. The Morgan fingerprint density at radius 1 is 1.23 bits per heavy atom. The monoisotopic (exact) mass is 467 g/mol. The average Bonchev–Trinajstić information content (AvgIpc) is 3.18. The zero-order valence-electron chi connectivity index (χ0n) is 16.2. The number of carbonyl (C=O) groups is 1. The molecule has 0 saturated carbocycles. The highest BCUT2D eigenvalue weighted by atomic mass is 35.5. The molecule has 0 unspecified atom stereocenters. The van der Waals surface area contributed by atoms with Crippen molar-refractivity contribution in [1.29, 1.82) is 0 Å². The molecule has 2 aromatic heterocycles. The molecular formula is C19H22ClN5O3S2. The van der Waals surface area contributed by atoms with Gasteiger partial charge < -0.3 is 10.2 Å². The standard InChI is InChI=1S/C19H22ClN5O3S2/c1-2-15-9-16(13-21-12-15)22-17-10-18(29-14-17)23-30(27,28)8-7-24-3-5-25(6-4-24)19(26)11-20/h1,9-10,12-14,22-23H,3-8,11H2. The van der Waals surface area contributed by atoms with Gasteiger partial charge in [0.2, 0.25) is 15.9 Å². The van der Waals surface area contributed by atoms with Gasteiger partial charge in [0.05, 0.1) is 23.3 Å². The molecule has 0 bridgehead atoms. The van der Waals surface area contributed by atoms with Crippen LogP contribution in [0.1, 0.15) is 5.56 Å². The minimum absolute atomic E-state index is 0.0226. The topological polar surface area (TPSA) is 94.6 Å². The van der Waals surface area contributed by atoms with Crippen molar-refractivity contribution in [3.05, 3.63) is 35.5 Å². The van der Waals surface area contributed by atoms with Crippen LogP contribution in [0, 0.1) is 12.3 Å². The molecule has 160 valence electrons. The van der Waals surface area contributed by atoms with E-state index in [1.807, 2.05) is 10.3 Å². The van der Waals surface area contributed by atoms with Gasteiger partial charge in [0, 0.05) is 49.9 Å². The van der Waals surface area contributed by atoms with Crippen LogP contribution in [0.4, 0.5) is 16.4 Å². The third kappa shape index (κ3) is 6.34. The number of pyridine rings is 1. The SMILES string of the molecule is C#Cc1cncc(Nc2csc(NS(=O)(=O)CCN3CCN(C(=O)CCl)CC3)c2)c1. The maximum Gasteiger partial charge on any atom is 0.237 e. The van der Waals surface area contributed by atoms with Gasteiger partial charge >= 0.3 is 0 Å². The molecular weight excluding hydrogens is 446 g/mol. The van der Waals surface area contributed by atoms with Crippen LogP contribution in [0.15, 0.2) is 29.9 Å². The molecule has 2 N–H and O–H groups in total. The van der Waals surface area contributed by atoms with E-state index in [2.05, 4.69) is 20.9 Å². The number of rotatable bonds is 8. The number of piperazine rings is 1. The lowest BCUT2D eigenvalue weighted by Crippen LogP contribution is -2.50. The van der Waals surface area contributed by atoms with Crippen LogP contribution in [0.2, 0.25) is 0 Å². The van der Waals surface area contributed by atoms with Crippen LogP contribution in [-0.2, 0) is 14.8 Å². The van der Waals surface area contributed by atoms with Crippen molar-refractivity contribution in [2.75, 3.05) is 54.4 Å². The predicted octanol–water partition coefficient (Wildman–Crippen LogP) is 1.99. The molecule has 0 aliphatic carbocycles. The van der Waals surface area contributed by atoms with Gasteiger partial charge in [-0.15, -0.1) is 29.4 Å². The highest BCUT2D eigenvalue weighted by Gasteiger charge is 2.22. The largest absolute Gasteiger partial charge is 0.353 e. The first-order valence-electron chi connectivity index (χ1n) is 9.22. The molecule has 0 aromatic carbocycles. The van der Waals surface area contributed by atoms with Crippen molar-refractivity contribution < 1.29 is 13.2 Å². The zero-order valence-corrected chi connectivity index (χ0v) is 18.6. The summed E-state index contributed by atoms with van der Waals surface area (Å²) in [5.41, 5.74) is 2.13. The molecule has 30 heavy (non-hydrogen) atoms. The van der Waals surface area contributed by atoms with E-state index in [0.29, 0.717) is 43.3 Å². The molecule has 2 aromatic rings. The fourth-order valence-electron chi connectivity index (χ4n) is 2.97. The molecule has 1 fully saturated rings. The molecule has 11 heteroatoms. The number of carbonyl (C=O) groups excluding carboxylic acids is 1. The summed E-state index contributed by atoms with van der Waals surface area (Å²) in [6, 6.07) is 3.51. The molecule has 3 heterocycles. The summed E-state index contributed by atoms with van der Waals surface area (Å²) >= 11 is 6.86. The molecule has 0 atom stereocenters. The fourth-order valence-corrected chi connectivity index (χ4v) is 5.25. The van der Waals surface area contributed by atoms with E-state index in [1.165, 1.54) is 11.3 Å². The van der Waals surface area contributed by atoms with Gasteiger partial charge in [-0.05, 0) is 12.1 Å². The molecule has 3 rings (SSSR count). The zero-order chi connectivity index (χ0) is 21.6. The lowest BCUT2D eigenvalue weighted by Gasteiger charge is -2.34. The second-order valence-electron chi connectivity index (χ2n) is 6.71. The number of amides is 1. The van der Waals surface area contributed by atoms with E-state index in [4.69, 9.17) is 18.0 Å². The van der Waals surface area contributed by atoms with E-state index >= 15 is 0 Å². The first-order chi connectivity index (χ1) is 14.4. The van der Waals surface area contributed by atoms with Gasteiger partial charge in [0.25, 0.3) is 0 Å². The molecule has 0 spiro atoms. The number of nitrogens with zero attached hydrogens (tertiary/aromatic N) is 3. The number of thiophene rings is 1. The van der Waals surface area contributed by atoms with Crippen molar-refractivity contribution in [1.82, 2.24) is 14.8 Å². The maximum absolute atomic E-state index is 12.4. The minimum Gasteiger partial charge on any atom is -0.353 e. The van der Waals surface area contributed by atoms with Gasteiger partial charge in [-0.1, -0.05) is 5.92 Å². The van der Waals surface area contributed by atoms with Crippen molar-refractivity contribution in [2.24, 2.45) is 0 Å². The van der Waals surface area contributed by atoms with E-state index in [-0.39, 0.29) is 17.5 Å². The minimum atomic E-state index is -3.49. The molecule has 0 radical (unpaired) electrons. The Kier molecular flexibility index (Phi) is 7.55. The van der Waals surface area contributed by atoms with Gasteiger partial charge in [0.1, 0.15) is 10.9 Å². The number of hydrogen-bond donors (Lipinski definition) is 2. The lowest BCUT2D eigenvalue weighted by molar-refractivity contribution is -0.130. The molecule has 1 aliphatic heterocycles. The number of anilines is 3. The Labute approximate surface area is 185 Å². The number of terminal acetylenes is 1. The first-order valence-corrected chi connectivity index (χ1v) is 12.3. The van der Waals surface area contributed by atoms with Gasteiger partial charge in [0.15, 0.2) is 0 Å². The Bertz CT molecular complexity index is 1030. The summed E-state index contributed by atoms with van der Waals surface area (Å²) in [5.74, 6) is 2.38. The Balaban J connectivity index is 1.49. The Hall–Kier alpha value is -2.32. The van der Waals surface area contributed by atoms with Crippen LogP contribution in [-0.4, -0.2) is 73.5 Å². The highest BCUT2D eigenvalue weighted by molar-refractivity contribution is 7.92. The number of hydrogen-bond acceptors (Lipinski definition) is 7. The third-order valence-corrected chi connectivity index (χ3v) is 7.02. The molecule has 1 saturated heterocycles. The summed E-state index contributed by atoms with van der Waals surface area (Å²) in [7, 11) is -3.49. The van der Waals surface area contributed by atoms with Gasteiger partial charge in [-0.25, -0.2) is 8.42 Å². The summed E-state index contributed by atoms with van der Waals surface area (Å²) in [4.78, 5) is 19.4. The summed E-state index contributed by atoms with van der Waals surface area (Å²) in [5, 5.41) is 5.49. The Morgan fingerprint density at radius 3 is 2.70 bits per heavy atom. The molecule has 1 aliphatic rings. The van der Waals surface area contributed by atoms with Crippen molar-refractivity contribution >= 4 is 55.2 Å². The van der Waals surface area contributed by atoms with Crippen LogP contribution in [0.5, 0.6) is 0 Å². The Morgan fingerprint density at radius 2 is 2.00 bits per heavy atom. The number of nitrogens with one attached hydrogen (secondary N) is 2. The van der Waals surface area contributed by atoms with Crippen molar-refractivity contribution in [3.8, 4) is 12.3 Å². The predicted molar refractivity (Wildman–Crippen MR) is 121 cm³/mol. The lowest BCUT2D eigenvalue weighted by atomic mass is 10.3. The second-order valence-corrected chi connectivity index (χ2v) is 9.73. The molecule has 8 nitrogen and oxygen atoms in total. The van der Waals surface area contributed by atoms with E-state index in [9.17, 15) is 13.2 Å². The normalized spacial score (nSPS) is 14.9. The van der Waals surface area contributed by atoms with Crippen LogP contribution in [0.25, 0.3) is 0 Å². The quantitative estimate of drug-likeness (QED) is 0.455. The van der Waals surface area contributed by atoms with Crippen LogP contribution < -0.4 is 10.0 Å². The summed E-state index contributed by atoms with van der Waals surface area (Å²) < 4.78 is 27.5. The van der Waals surface area contributed by atoms with Crippen LogP contribution >= 0.6 is 22.9 Å². The van der Waals surface area contributed by atoms with E-state index < -0.39 is 10.0 Å². The van der Waals surface area contributed by atoms with E-state index in [0.717, 1.165) is 11.4 Å². The van der Waals surface area contributed by atoms with E-state index in [1.54, 1.807) is 29.4 Å². The smallest absolute Gasteiger partial charge is 0.237 e. The van der Waals surface area contributed by atoms with Crippen molar-refractivity contribution in [3.63, 3.8) is 0 Å².